The van der Waals surface area contributed by atoms with Crippen LogP contribution in [0.2, 0.25) is 0 Å². The molecule has 1 rings (SSSR count). The standard InChI is InChI=1S/C14H19FN2/c1-3-4-5-8-17-14(10-16)13-7-6-12(15)9-11(13)2/h6-7,9,14,17H,5,8,10,16H2,1-2H3. The highest BCUT2D eigenvalue weighted by Crippen LogP contribution is 2.17. The van der Waals surface area contributed by atoms with Crippen molar-refractivity contribution in [3.8, 4) is 11.8 Å². The van der Waals surface area contributed by atoms with Gasteiger partial charge in [-0.2, -0.15) is 0 Å². The molecule has 0 radical (unpaired) electrons. The molecule has 92 valence electrons. The normalized spacial score (nSPS) is 11.8. The molecule has 0 aromatic heterocycles. The zero-order chi connectivity index (χ0) is 12.7. The maximum Gasteiger partial charge on any atom is 0.123 e. The van der Waals surface area contributed by atoms with Crippen LogP contribution in [-0.4, -0.2) is 13.1 Å². The lowest BCUT2D eigenvalue weighted by atomic mass is 10.0. The van der Waals surface area contributed by atoms with Gasteiger partial charge in [0.05, 0.1) is 0 Å². The molecule has 3 heteroatoms. The van der Waals surface area contributed by atoms with E-state index in [2.05, 4.69) is 17.2 Å². The summed E-state index contributed by atoms with van der Waals surface area (Å²) in [6, 6.07) is 4.86. The van der Waals surface area contributed by atoms with E-state index in [1.165, 1.54) is 12.1 Å². The Morgan fingerprint density at radius 1 is 1.47 bits per heavy atom. The predicted molar refractivity (Wildman–Crippen MR) is 69.0 cm³/mol. The average Bonchev–Trinajstić information content (AvgIpc) is 2.31. The van der Waals surface area contributed by atoms with E-state index >= 15 is 0 Å². The van der Waals surface area contributed by atoms with E-state index in [1.54, 1.807) is 6.07 Å². The number of halogens is 1. The van der Waals surface area contributed by atoms with Gasteiger partial charge in [-0.1, -0.05) is 6.07 Å². The summed E-state index contributed by atoms with van der Waals surface area (Å²) in [7, 11) is 0. The van der Waals surface area contributed by atoms with Gasteiger partial charge >= 0.3 is 0 Å². The van der Waals surface area contributed by atoms with Crippen molar-refractivity contribution >= 4 is 0 Å². The van der Waals surface area contributed by atoms with Gasteiger partial charge in [-0.05, 0) is 37.1 Å². The first kappa shape index (κ1) is 13.7. The Hall–Kier alpha value is -1.37. The molecule has 0 fully saturated rings. The molecule has 1 unspecified atom stereocenters. The molecule has 1 aromatic rings. The molecule has 17 heavy (non-hydrogen) atoms. The third-order valence-corrected chi connectivity index (χ3v) is 2.66. The topological polar surface area (TPSA) is 38.0 Å². The fourth-order valence-corrected chi connectivity index (χ4v) is 1.78. The van der Waals surface area contributed by atoms with Crippen molar-refractivity contribution < 1.29 is 4.39 Å². The summed E-state index contributed by atoms with van der Waals surface area (Å²) in [5.74, 6) is 5.63. The van der Waals surface area contributed by atoms with Crippen molar-refractivity contribution in [2.75, 3.05) is 13.1 Å². The summed E-state index contributed by atoms with van der Waals surface area (Å²) >= 11 is 0. The molecule has 0 heterocycles. The molecule has 0 bridgehead atoms. The van der Waals surface area contributed by atoms with Gasteiger partial charge in [0.25, 0.3) is 0 Å². The minimum Gasteiger partial charge on any atom is -0.329 e. The maximum absolute atomic E-state index is 13.0. The average molecular weight is 234 g/mol. The van der Waals surface area contributed by atoms with Gasteiger partial charge in [-0.3, -0.25) is 0 Å². The van der Waals surface area contributed by atoms with E-state index in [4.69, 9.17) is 5.73 Å². The molecule has 0 spiro atoms. The number of hydrogen-bond donors (Lipinski definition) is 2. The molecule has 0 saturated heterocycles. The van der Waals surface area contributed by atoms with Crippen LogP contribution in [0.25, 0.3) is 0 Å². The molecule has 2 nitrogen and oxygen atoms in total. The molecular formula is C14H19FN2. The van der Waals surface area contributed by atoms with Crippen molar-refractivity contribution in [1.29, 1.82) is 0 Å². The second-order valence-electron chi connectivity index (χ2n) is 3.92. The SMILES string of the molecule is CC#CCCNC(CN)c1ccc(F)cc1C. The van der Waals surface area contributed by atoms with Gasteiger partial charge in [-0.25, -0.2) is 4.39 Å². The highest BCUT2D eigenvalue weighted by molar-refractivity contribution is 5.29. The molecule has 0 amide bonds. The Labute approximate surface area is 102 Å². The van der Waals surface area contributed by atoms with Crippen molar-refractivity contribution in [3.63, 3.8) is 0 Å². The third-order valence-electron chi connectivity index (χ3n) is 2.66. The van der Waals surface area contributed by atoms with Crippen LogP contribution in [0.4, 0.5) is 4.39 Å². The number of rotatable bonds is 5. The van der Waals surface area contributed by atoms with Crippen molar-refractivity contribution in [3.05, 3.63) is 35.1 Å². The lowest BCUT2D eigenvalue weighted by Crippen LogP contribution is -2.29. The maximum atomic E-state index is 13.0. The van der Waals surface area contributed by atoms with Gasteiger partial charge in [0.2, 0.25) is 0 Å². The first-order chi connectivity index (χ1) is 8.19. The number of hydrogen-bond acceptors (Lipinski definition) is 2. The van der Waals surface area contributed by atoms with Crippen LogP contribution < -0.4 is 11.1 Å². The highest BCUT2D eigenvalue weighted by atomic mass is 19.1. The Bertz CT molecular complexity index is 418. The Balaban J connectivity index is 2.68. The number of nitrogens with one attached hydrogen (secondary N) is 1. The van der Waals surface area contributed by atoms with Gasteiger partial charge in [0, 0.05) is 25.6 Å². The first-order valence-corrected chi connectivity index (χ1v) is 5.78. The van der Waals surface area contributed by atoms with Crippen LogP contribution in [0.3, 0.4) is 0 Å². The molecular weight excluding hydrogens is 215 g/mol. The summed E-state index contributed by atoms with van der Waals surface area (Å²) in [6.07, 6.45) is 0.799. The molecule has 3 N–H and O–H groups in total. The number of aryl methyl sites for hydroxylation is 1. The van der Waals surface area contributed by atoms with Crippen LogP contribution in [0.15, 0.2) is 18.2 Å². The number of nitrogens with two attached hydrogens (primary N) is 1. The van der Waals surface area contributed by atoms with Crippen LogP contribution in [0, 0.1) is 24.6 Å². The fraction of sp³-hybridized carbons (Fsp3) is 0.429. The van der Waals surface area contributed by atoms with E-state index < -0.39 is 0 Å². The molecule has 0 aliphatic carbocycles. The van der Waals surface area contributed by atoms with Crippen LogP contribution in [0.5, 0.6) is 0 Å². The van der Waals surface area contributed by atoms with E-state index in [1.807, 2.05) is 13.8 Å². The predicted octanol–water partition coefficient (Wildman–Crippen LogP) is 2.14. The van der Waals surface area contributed by atoms with E-state index in [0.29, 0.717) is 6.54 Å². The molecule has 0 aliphatic rings. The largest absolute Gasteiger partial charge is 0.329 e. The third kappa shape index (κ3) is 4.18. The lowest BCUT2D eigenvalue weighted by Gasteiger charge is -2.18. The summed E-state index contributed by atoms with van der Waals surface area (Å²) in [5, 5.41) is 3.33. The summed E-state index contributed by atoms with van der Waals surface area (Å²) in [5.41, 5.74) is 7.71. The Kier molecular flexibility index (Phi) is 5.68. The zero-order valence-corrected chi connectivity index (χ0v) is 10.4. The molecule has 0 saturated carbocycles. The monoisotopic (exact) mass is 234 g/mol. The number of benzene rings is 1. The van der Waals surface area contributed by atoms with Crippen molar-refractivity contribution in [1.82, 2.24) is 5.32 Å². The van der Waals surface area contributed by atoms with E-state index in [9.17, 15) is 4.39 Å². The minimum absolute atomic E-state index is 0.0641. The lowest BCUT2D eigenvalue weighted by molar-refractivity contribution is 0.545. The van der Waals surface area contributed by atoms with E-state index in [-0.39, 0.29) is 11.9 Å². The van der Waals surface area contributed by atoms with Crippen LogP contribution in [-0.2, 0) is 0 Å². The van der Waals surface area contributed by atoms with Gasteiger partial charge in [0.1, 0.15) is 5.82 Å². The summed E-state index contributed by atoms with van der Waals surface area (Å²) in [6.45, 7) is 5.00. The second kappa shape index (κ2) is 7.05. The smallest absolute Gasteiger partial charge is 0.123 e. The fourth-order valence-electron chi connectivity index (χ4n) is 1.78. The zero-order valence-electron chi connectivity index (χ0n) is 10.4. The van der Waals surface area contributed by atoms with E-state index in [0.717, 1.165) is 24.1 Å². The minimum atomic E-state index is -0.209. The van der Waals surface area contributed by atoms with Crippen molar-refractivity contribution in [2.45, 2.75) is 26.3 Å². The Morgan fingerprint density at radius 3 is 2.82 bits per heavy atom. The van der Waals surface area contributed by atoms with Gasteiger partial charge in [0.15, 0.2) is 0 Å². The molecule has 0 aliphatic heterocycles. The van der Waals surface area contributed by atoms with Gasteiger partial charge in [-0.15, -0.1) is 11.8 Å². The quantitative estimate of drug-likeness (QED) is 0.605. The first-order valence-electron chi connectivity index (χ1n) is 5.78. The Morgan fingerprint density at radius 2 is 2.24 bits per heavy atom. The molecule has 1 aromatic carbocycles. The second-order valence-corrected chi connectivity index (χ2v) is 3.92. The van der Waals surface area contributed by atoms with Crippen molar-refractivity contribution in [2.24, 2.45) is 5.73 Å². The highest BCUT2D eigenvalue weighted by Gasteiger charge is 2.11. The summed E-state index contributed by atoms with van der Waals surface area (Å²) < 4.78 is 13.0. The van der Waals surface area contributed by atoms with Gasteiger partial charge < -0.3 is 11.1 Å². The van der Waals surface area contributed by atoms with Crippen LogP contribution >= 0.6 is 0 Å². The summed E-state index contributed by atoms with van der Waals surface area (Å²) in [4.78, 5) is 0. The molecule has 1 atom stereocenters. The van der Waals surface area contributed by atoms with Crippen LogP contribution in [0.1, 0.15) is 30.5 Å².